The van der Waals surface area contributed by atoms with Crippen LogP contribution < -0.4 is 9.64 Å². The zero-order valence-electron chi connectivity index (χ0n) is 17.9. The predicted molar refractivity (Wildman–Crippen MR) is 122 cm³/mol. The normalized spacial score (nSPS) is 23.0. The van der Waals surface area contributed by atoms with E-state index in [0.29, 0.717) is 42.4 Å². The van der Waals surface area contributed by atoms with Crippen molar-refractivity contribution in [3.63, 3.8) is 0 Å². The molecule has 1 spiro atoms. The van der Waals surface area contributed by atoms with Crippen molar-refractivity contribution in [1.29, 1.82) is 0 Å². The highest BCUT2D eigenvalue weighted by Gasteiger charge is 2.47. The number of halogens is 2. The molecule has 0 bridgehead atoms. The van der Waals surface area contributed by atoms with Gasteiger partial charge in [0.1, 0.15) is 17.6 Å². The molecule has 32 heavy (non-hydrogen) atoms. The number of pyridine rings is 1. The van der Waals surface area contributed by atoms with Crippen molar-refractivity contribution < 1.29 is 14.6 Å². The van der Waals surface area contributed by atoms with Gasteiger partial charge in [0.2, 0.25) is 0 Å². The Balaban J connectivity index is 1.38. The number of amides is 1. The zero-order chi connectivity index (χ0) is 22.5. The molecule has 5 heterocycles. The second-order valence-electron chi connectivity index (χ2n) is 9.18. The van der Waals surface area contributed by atoms with Crippen molar-refractivity contribution in [3.8, 4) is 6.01 Å². The molecule has 1 amide bonds. The third-order valence-corrected chi connectivity index (χ3v) is 7.75. The minimum absolute atomic E-state index is 0.0727. The van der Waals surface area contributed by atoms with Crippen LogP contribution >= 0.6 is 23.2 Å². The minimum Gasteiger partial charge on any atom is -0.465 e. The van der Waals surface area contributed by atoms with Crippen LogP contribution in [0.4, 0.5) is 10.6 Å². The SMILES string of the molecule is CN1CCC[C@H]1COc1nc(N2CCC3(CC2)CN(C(=O)O)C3)c2cc(Cl)c(Cl)nc2n1. The van der Waals surface area contributed by atoms with Gasteiger partial charge in [-0.15, -0.1) is 0 Å². The van der Waals surface area contributed by atoms with Crippen molar-refractivity contribution in [2.75, 3.05) is 51.3 Å². The van der Waals surface area contributed by atoms with Crippen LogP contribution in [0.25, 0.3) is 11.0 Å². The first-order valence-electron chi connectivity index (χ1n) is 10.9. The van der Waals surface area contributed by atoms with E-state index in [1.807, 2.05) is 0 Å². The van der Waals surface area contributed by atoms with Crippen LogP contribution in [0.1, 0.15) is 25.7 Å². The summed E-state index contributed by atoms with van der Waals surface area (Å²) in [5, 5.41) is 10.5. The minimum atomic E-state index is -0.841. The number of nitrogens with zero attached hydrogens (tertiary/aromatic N) is 6. The molecular formula is C21H26Cl2N6O3. The Kier molecular flexibility index (Phi) is 5.67. The first kappa shape index (κ1) is 21.7. The van der Waals surface area contributed by atoms with Gasteiger partial charge in [0, 0.05) is 37.6 Å². The molecule has 11 heteroatoms. The maximum absolute atomic E-state index is 11.2. The number of anilines is 1. The van der Waals surface area contributed by atoms with Gasteiger partial charge in [0.25, 0.3) is 0 Å². The molecule has 5 rings (SSSR count). The van der Waals surface area contributed by atoms with Crippen molar-refractivity contribution in [2.24, 2.45) is 5.41 Å². The first-order valence-corrected chi connectivity index (χ1v) is 11.7. The second kappa shape index (κ2) is 8.35. The summed E-state index contributed by atoms with van der Waals surface area (Å²) in [5.74, 6) is 0.736. The van der Waals surface area contributed by atoms with E-state index in [0.717, 1.165) is 50.1 Å². The van der Waals surface area contributed by atoms with Gasteiger partial charge in [-0.1, -0.05) is 23.2 Å². The summed E-state index contributed by atoms with van der Waals surface area (Å²) in [6.07, 6.45) is 3.23. The van der Waals surface area contributed by atoms with Crippen LogP contribution in [-0.4, -0.2) is 88.4 Å². The number of fused-ring (bicyclic) bond motifs is 1. The monoisotopic (exact) mass is 480 g/mol. The standard InChI is InChI=1S/C21H26Cl2N6O3/c1-27-6-2-3-13(27)10-32-19-25-17-14(9-15(22)16(23)24-17)18(26-19)28-7-4-21(5-8-28)11-29(12-21)20(30)31/h9,13H,2-8,10-12H2,1H3,(H,30,31)/t13-/m0/s1. The van der Waals surface area contributed by atoms with Crippen LogP contribution in [0.2, 0.25) is 10.2 Å². The third kappa shape index (κ3) is 4.02. The van der Waals surface area contributed by atoms with Crippen molar-refractivity contribution in [2.45, 2.75) is 31.7 Å². The van der Waals surface area contributed by atoms with E-state index in [4.69, 9.17) is 32.9 Å². The van der Waals surface area contributed by atoms with Gasteiger partial charge < -0.3 is 24.5 Å². The summed E-state index contributed by atoms with van der Waals surface area (Å²) in [6.45, 7) is 4.34. The molecule has 0 aliphatic carbocycles. The topological polar surface area (TPSA) is 94.9 Å². The van der Waals surface area contributed by atoms with Crippen molar-refractivity contribution >= 4 is 46.1 Å². The number of ether oxygens (including phenoxy) is 1. The summed E-state index contributed by atoms with van der Waals surface area (Å²) in [6, 6.07) is 2.40. The number of carboxylic acid groups (broad SMARTS) is 1. The quantitative estimate of drug-likeness (QED) is 0.665. The number of likely N-dealkylation sites (tertiary alicyclic amines) is 2. The fourth-order valence-electron chi connectivity index (χ4n) is 5.05. The Hall–Kier alpha value is -2.10. The maximum Gasteiger partial charge on any atom is 0.407 e. The summed E-state index contributed by atoms with van der Waals surface area (Å²) < 4.78 is 6.01. The highest BCUT2D eigenvalue weighted by molar-refractivity contribution is 6.41. The van der Waals surface area contributed by atoms with Gasteiger partial charge in [-0.25, -0.2) is 9.78 Å². The molecule has 2 aromatic heterocycles. The average molecular weight is 481 g/mol. The molecule has 2 aromatic rings. The van der Waals surface area contributed by atoms with Gasteiger partial charge in [0.05, 0.1) is 10.4 Å². The summed E-state index contributed by atoms with van der Waals surface area (Å²) >= 11 is 12.4. The Morgan fingerprint density at radius 3 is 2.62 bits per heavy atom. The fraction of sp³-hybridized carbons (Fsp3) is 0.619. The van der Waals surface area contributed by atoms with E-state index in [2.05, 4.69) is 26.8 Å². The first-order chi connectivity index (χ1) is 15.3. The molecule has 0 aromatic carbocycles. The number of carbonyl (C=O) groups is 1. The van der Waals surface area contributed by atoms with Gasteiger partial charge in [-0.3, -0.25) is 0 Å². The second-order valence-corrected chi connectivity index (χ2v) is 9.94. The van der Waals surface area contributed by atoms with Crippen LogP contribution in [0.5, 0.6) is 6.01 Å². The summed E-state index contributed by atoms with van der Waals surface area (Å²) in [7, 11) is 2.10. The Bertz CT molecular complexity index is 1040. The highest BCUT2D eigenvalue weighted by atomic mass is 35.5. The molecule has 9 nitrogen and oxygen atoms in total. The molecule has 3 fully saturated rings. The average Bonchev–Trinajstić information content (AvgIpc) is 3.16. The molecule has 3 aliphatic heterocycles. The molecule has 3 aliphatic rings. The lowest BCUT2D eigenvalue weighted by Crippen LogP contribution is -2.61. The van der Waals surface area contributed by atoms with E-state index in [1.165, 1.54) is 11.3 Å². The summed E-state index contributed by atoms with van der Waals surface area (Å²) in [4.78, 5) is 30.7. The zero-order valence-corrected chi connectivity index (χ0v) is 19.4. The van der Waals surface area contributed by atoms with Gasteiger partial charge >= 0.3 is 12.1 Å². The maximum atomic E-state index is 11.2. The lowest BCUT2D eigenvalue weighted by atomic mass is 9.72. The Morgan fingerprint density at radius 1 is 1.22 bits per heavy atom. The van der Waals surface area contributed by atoms with Crippen LogP contribution in [0.15, 0.2) is 6.07 Å². The number of aromatic nitrogens is 3. The van der Waals surface area contributed by atoms with Gasteiger partial charge in [0.15, 0.2) is 5.65 Å². The van der Waals surface area contributed by atoms with Crippen molar-refractivity contribution in [3.05, 3.63) is 16.2 Å². The third-order valence-electron chi connectivity index (χ3n) is 7.08. The highest BCUT2D eigenvalue weighted by Crippen LogP contribution is 2.42. The molecule has 0 radical (unpaired) electrons. The van der Waals surface area contributed by atoms with E-state index in [9.17, 15) is 9.90 Å². The van der Waals surface area contributed by atoms with Crippen LogP contribution in [-0.2, 0) is 0 Å². The van der Waals surface area contributed by atoms with Crippen LogP contribution in [0, 0.1) is 5.41 Å². The van der Waals surface area contributed by atoms with Gasteiger partial charge in [-0.05, 0) is 45.3 Å². The van der Waals surface area contributed by atoms with E-state index < -0.39 is 6.09 Å². The predicted octanol–water partition coefficient (Wildman–Crippen LogP) is 3.38. The molecule has 0 unspecified atom stereocenters. The van der Waals surface area contributed by atoms with E-state index >= 15 is 0 Å². The fourth-order valence-corrected chi connectivity index (χ4v) is 5.33. The Labute approximate surface area is 196 Å². The van der Waals surface area contributed by atoms with Crippen molar-refractivity contribution in [1.82, 2.24) is 24.8 Å². The molecule has 1 atom stereocenters. The van der Waals surface area contributed by atoms with E-state index in [-0.39, 0.29) is 10.6 Å². The molecule has 0 saturated carbocycles. The Morgan fingerprint density at radius 2 is 1.97 bits per heavy atom. The number of rotatable bonds is 4. The lowest BCUT2D eigenvalue weighted by Gasteiger charge is -2.53. The number of hydrogen-bond donors (Lipinski definition) is 1. The number of piperidine rings is 1. The van der Waals surface area contributed by atoms with E-state index in [1.54, 1.807) is 6.07 Å². The lowest BCUT2D eigenvalue weighted by molar-refractivity contribution is -0.00642. The van der Waals surface area contributed by atoms with Crippen LogP contribution in [0.3, 0.4) is 0 Å². The largest absolute Gasteiger partial charge is 0.465 e. The number of likely N-dealkylation sites (N-methyl/N-ethyl adjacent to an activating group) is 1. The molecule has 1 N–H and O–H groups in total. The molecular weight excluding hydrogens is 455 g/mol. The summed E-state index contributed by atoms with van der Waals surface area (Å²) in [5.41, 5.74) is 0.531. The smallest absolute Gasteiger partial charge is 0.407 e. The molecule has 172 valence electrons. The van der Waals surface area contributed by atoms with Gasteiger partial charge in [-0.2, -0.15) is 9.97 Å². The number of hydrogen-bond acceptors (Lipinski definition) is 7. The molecule has 3 saturated heterocycles.